The fourth-order valence-electron chi connectivity index (χ4n) is 5.96. The molecule has 7 nitrogen and oxygen atoms in total. The number of carbonyl (C=O) groups is 1. The first-order valence-corrected chi connectivity index (χ1v) is 14.4. The minimum atomic E-state index is -0.204. The van der Waals surface area contributed by atoms with Crippen LogP contribution in [-0.2, 0) is 4.74 Å². The number of aromatic amines is 1. The van der Waals surface area contributed by atoms with Gasteiger partial charge in [-0.25, -0.2) is 0 Å². The summed E-state index contributed by atoms with van der Waals surface area (Å²) in [6.45, 7) is 5.70. The molecule has 6 rings (SSSR count). The van der Waals surface area contributed by atoms with E-state index in [9.17, 15) is 4.79 Å². The third kappa shape index (κ3) is 5.33. The van der Waals surface area contributed by atoms with E-state index < -0.39 is 0 Å². The summed E-state index contributed by atoms with van der Waals surface area (Å²) < 4.78 is 12.1. The van der Waals surface area contributed by atoms with Crippen molar-refractivity contribution in [2.45, 2.75) is 50.9 Å². The number of amides is 1. The summed E-state index contributed by atoms with van der Waals surface area (Å²) in [6, 6.07) is 22.0. The number of halogens is 1. The number of hydrogen-bond acceptors (Lipinski definition) is 5. The predicted octanol–water partition coefficient (Wildman–Crippen LogP) is 6.25. The average molecular weight is 559 g/mol. The Bertz CT molecular complexity index is 1490. The number of piperidine rings is 1. The van der Waals surface area contributed by atoms with Crippen LogP contribution in [0.3, 0.4) is 0 Å². The molecule has 2 aliphatic heterocycles. The van der Waals surface area contributed by atoms with E-state index in [0.717, 1.165) is 59.5 Å². The molecule has 8 heteroatoms. The van der Waals surface area contributed by atoms with Crippen molar-refractivity contribution in [3.63, 3.8) is 0 Å². The number of hydrogen-bond donors (Lipinski definition) is 2. The van der Waals surface area contributed by atoms with E-state index in [1.807, 2.05) is 66.7 Å². The molecule has 3 heterocycles. The Balaban J connectivity index is 1.19. The molecule has 3 atom stereocenters. The van der Waals surface area contributed by atoms with Gasteiger partial charge in [-0.1, -0.05) is 43.6 Å². The maximum atomic E-state index is 13.4. The van der Waals surface area contributed by atoms with Crippen LogP contribution in [0.4, 0.5) is 0 Å². The molecule has 0 radical (unpaired) electrons. The van der Waals surface area contributed by atoms with Crippen molar-refractivity contribution < 1.29 is 14.3 Å². The van der Waals surface area contributed by atoms with Gasteiger partial charge in [0.25, 0.3) is 5.91 Å². The zero-order valence-corrected chi connectivity index (χ0v) is 23.8. The van der Waals surface area contributed by atoms with Gasteiger partial charge in [0, 0.05) is 46.5 Å². The van der Waals surface area contributed by atoms with E-state index in [0.29, 0.717) is 22.7 Å². The number of rotatable bonds is 7. The van der Waals surface area contributed by atoms with Crippen LogP contribution >= 0.6 is 11.6 Å². The van der Waals surface area contributed by atoms with Crippen LogP contribution in [0.5, 0.6) is 5.75 Å². The second-order valence-corrected chi connectivity index (χ2v) is 11.7. The van der Waals surface area contributed by atoms with Crippen LogP contribution in [0.25, 0.3) is 22.2 Å². The second kappa shape index (κ2) is 11.2. The van der Waals surface area contributed by atoms with Crippen LogP contribution in [-0.4, -0.2) is 59.5 Å². The van der Waals surface area contributed by atoms with Crippen LogP contribution in [0.15, 0.2) is 66.7 Å². The number of benzene rings is 3. The highest BCUT2D eigenvalue weighted by Gasteiger charge is 2.37. The smallest absolute Gasteiger partial charge is 0.251 e. The molecule has 0 aliphatic carbocycles. The van der Waals surface area contributed by atoms with Crippen molar-refractivity contribution in [1.82, 2.24) is 20.4 Å². The lowest BCUT2D eigenvalue weighted by atomic mass is 9.92. The van der Waals surface area contributed by atoms with Crippen LogP contribution in [0.2, 0.25) is 5.02 Å². The molecule has 2 bridgehead atoms. The van der Waals surface area contributed by atoms with E-state index in [4.69, 9.17) is 21.1 Å². The van der Waals surface area contributed by atoms with Gasteiger partial charge in [0.1, 0.15) is 11.9 Å². The summed E-state index contributed by atoms with van der Waals surface area (Å²) in [6.07, 6.45) is 2.13. The van der Waals surface area contributed by atoms with Crippen molar-refractivity contribution in [3.8, 4) is 17.0 Å². The minimum absolute atomic E-state index is 0.148. The second-order valence-electron chi connectivity index (χ2n) is 11.3. The monoisotopic (exact) mass is 558 g/mol. The molecule has 2 saturated heterocycles. The Morgan fingerprint density at radius 1 is 1.07 bits per heavy atom. The number of ether oxygens (including phenoxy) is 2. The molecule has 1 amide bonds. The molecule has 2 fully saturated rings. The van der Waals surface area contributed by atoms with Gasteiger partial charge in [-0.3, -0.25) is 14.8 Å². The molecule has 3 unspecified atom stereocenters. The van der Waals surface area contributed by atoms with E-state index in [-0.39, 0.29) is 24.0 Å². The van der Waals surface area contributed by atoms with Gasteiger partial charge in [-0.05, 0) is 67.1 Å². The highest BCUT2D eigenvalue weighted by Crippen LogP contribution is 2.33. The molecular weight excluding hydrogens is 524 g/mol. The molecule has 2 N–H and O–H groups in total. The molecule has 4 aromatic rings. The Kier molecular flexibility index (Phi) is 7.53. The summed E-state index contributed by atoms with van der Waals surface area (Å²) in [4.78, 5) is 15.8. The fraction of sp³-hybridized carbons (Fsp3) is 0.375. The van der Waals surface area contributed by atoms with Gasteiger partial charge in [0.05, 0.1) is 30.5 Å². The number of fused-ring (bicyclic) bond motifs is 3. The lowest BCUT2D eigenvalue weighted by molar-refractivity contribution is -0.0879. The summed E-state index contributed by atoms with van der Waals surface area (Å²) in [5, 5.41) is 12.4. The molecule has 3 aromatic carbocycles. The first kappa shape index (κ1) is 26.8. The maximum absolute atomic E-state index is 13.4. The molecular formula is C32H35ClN4O3. The first-order chi connectivity index (χ1) is 19.4. The topological polar surface area (TPSA) is 79.5 Å². The van der Waals surface area contributed by atoms with E-state index in [1.54, 1.807) is 0 Å². The van der Waals surface area contributed by atoms with E-state index >= 15 is 0 Å². The molecule has 40 heavy (non-hydrogen) atoms. The summed E-state index contributed by atoms with van der Waals surface area (Å²) in [5.41, 5.74) is 4.12. The van der Waals surface area contributed by atoms with Crippen molar-refractivity contribution in [1.29, 1.82) is 0 Å². The van der Waals surface area contributed by atoms with Crippen LogP contribution in [0.1, 0.15) is 48.7 Å². The molecule has 0 spiro atoms. The van der Waals surface area contributed by atoms with E-state index in [2.05, 4.69) is 41.3 Å². The van der Waals surface area contributed by atoms with Crippen molar-refractivity contribution in [2.24, 2.45) is 5.92 Å². The van der Waals surface area contributed by atoms with Crippen LogP contribution in [0, 0.1) is 5.92 Å². The quantitative estimate of drug-likeness (QED) is 0.280. The maximum Gasteiger partial charge on any atom is 0.251 e. The minimum Gasteiger partial charge on any atom is -0.490 e. The highest BCUT2D eigenvalue weighted by atomic mass is 35.5. The molecule has 208 valence electrons. The Morgan fingerprint density at radius 3 is 2.50 bits per heavy atom. The zero-order valence-electron chi connectivity index (χ0n) is 23.1. The number of likely N-dealkylation sites (N-methyl/N-ethyl adjacent to an activating group) is 1. The van der Waals surface area contributed by atoms with Gasteiger partial charge in [0.15, 0.2) is 0 Å². The van der Waals surface area contributed by atoms with Gasteiger partial charge >= 0.3 is 0 Å². The van der Waals surface area contributed by atoms with Gasteiger partial charge in [-0.15, -0.1) is 0 Å². The highest BCUT2D eigenvalue weighted by molar-refractivity contribution is 6.31. The first-order valence-electron chi connectivity index (χ1n) is 14.0. The summed E-state index contributed by atoms with van der Waals surface area (Å²) >= 11 is 6.46. The number of aromatic nitrogens is 2. The fourth-order valence-corrected chi connectivity index (χ4v) is 6.21. The Hall–Kier alpha value is -3.39. The average Bonchev–Trinajstić information content (AvgIpc) is 3.36. The SMILES string of the molecule is CC(C)C(NC(=O)c1ccc2[nH]nc(-c3ccc(OC4CC5COCC(C4)N5C)cc3)c2c1)c1ccccc1Cl. The number of nitrogens with zero attached hydrogens (tertiary/aromatic N) is 2. The Labute approximate surface area is 239 Å². The van der Waals surface area contributed by atoms with Crippen molar-refractivity contribution >= 4 is 28.4 Å². The largest absolute Gasteiger partial charge is 0.490 e. The van der Waals surface area contributed by atoms with Gasteiger partial charge < -0.3 is 14.8 Å². The van der Waals surface area contributed by atoms with Crippen molar-refractivity contribution in [3.05, 3.63) is 82.9 Å². The summed E-state index contributed by atoms with van der Waals surface area (Å²) in [7, 11) is 2.19. The zero-order chi connectivity index (χ0) is 27.8. The molecule has 2 aliphatic rings. The predicted molar refractivity (Wildman–Crippen MR) is 158 cm³/mol. The number of morpholine rings is 1. The molecule has 0 saturated carbocycles. The molecule has 1 aromatic heterocycles. The van der Waals surface area contributed by atoms with Gasteiger partial charge in [-0.2, -0.15) is 5.10 Å². The van der Waals surface area contributed by atoms with Crippen molar-refractivity contribution in [2.75, 3.05) is 20.3 Å². The lowest BCUT2D eigenvalue weighted by Gasteiger charge is -2.46. The summed E-state index contributed by atoms with van der Waals surface area (Å²) in [5.74, 6) is 0.876. The lowest BCUT2D eigenvalue weighted by Crippen LogP contribution is -2.57. The van der Waals surface area contributed by atoms with E-state index in [1.165, 1.54) is 0 Å². The number of carbonyl (C=O) groups excluding carboxylic acids is 1. The normalized spacial score (nSPS) is 21.9. The Morgan fingerprint density at radius 2 is 1.80 bits per heavy atom. The van der Waals surface area contributed by atoms with Crippen LogP contribution < -0.4 is 10.1 Å². The van der Waals surface area contributed by atoms with Gasteiger partial charge in [0.2, 0.25) is 0 Å². The third-order valence-electron chi connectivity index (χ3n) is 8.29. The number of nitrogens with one attached hydrogen (secondary N) is 2. The number of H-pyrrole nitrogens is 1. The standard InChI is InChI=1S/C32H35ClN4O3/c1-19(2)30(26-6-4-5-7-28(26)33)34-32(38)21-10-13-29-27(14-21)31(36-35-29)20-8-11-24(12-9-20)40-25-15-22-17-39-18-23(16-25)37(22)3/h4-14,19,22-23,25,30H,15-18H2,1-3H3,(H,34,38)(H,35,36). The third-order valence-corrected chi connectivity index (χ3v) is 8.64.